The highest BCUT2D eigenvalue weighted by atomic mass is 35.5. The molecule has 0 saturated carbocycles. The van der Waals surface area contributed by atoms with Crippen molar-refractivity contribution >= 4 is 29.3 Å². The summed E-state index contributed by atoms with van der Waals surface area (Å²) in [6.45, 7) is 2.77. The largest absolute Gasteiger partial charge is 0.478 e. The summed E-state index contributed by atoms with van der Waals surface area (Å²) >= 11 is 6.00. The number of carbonyl (C=O) groups excluding carboxylic acids is 1. The van der Waals surface area contributed by atoms with Crippen molar-refractivity contribution in [3.05, 3.63) is 28.8 Å². The molecule has 1 aliphatic rings. The minimum atomic E-state index is -1.05. The highest BCUT2D eigenvalue weighted by molar-refractivity contribution is 6.33. The standard InChI is InChI=1S/C14H17ClN2O3/c1-2-10-4-3-7-17(10)14(20)16-12-8-9(13(18)19)5-6-11(12)15/h5-6,8,10H,2-4,7H2,1H3,(H,16,20)(H,18,19). The van der Waals surface area contributed by atoms with Gasteiger partial charge in [-0.1, -0.05) is 18.5 Å². The normalized spacial score (nSPS) is 18.1. The first-order valence-electron chi connectivity index (χ1n) is 6.63. The minimum Gasteiger partial charge on any atom is -0.478 e. The fourth-order valence-corrected chi connectivity index (χ4v) is 2.63. The lowest BCUT2D eigenvalue weighted by atomic mass is 10.2. The molecule has 108 valence electrons. The van der Waals surface area contributed by atoms with E-state index in [4.69, 9.17) is 16.7 Å². The number of rotatable bonds is 3. The highest BCUT2D eigenvalue weighted by Gasteiger charge is 2.27. The lowest BCUT2D eigenvalue weighted by molar-refractivity contribution is 0.0697. The van der Waals surface area contributed by atoms with Crippen LogP contribution in [0.4, 0.5) is 10.5 Å². The molecule has 0 aromatic heterocycles. The van der Waals surface area contributed by atoms with Crippen LogP contribution in [0.3, 0.4) is 0 Å². The van der Waals surface area contributed by atoms with Crippen LogP contribution in [0.5, 0.6) is 0 Å². The van der Waals surface area contributed by atoms with Gasteiger partial charge in [-0.05, 0) is 37.5 Å². The molecule has 0 bridgehead atoms. The third-order valence-electron chi connectivity index (χ3n) is 3.56. The molecule has 1 aromatic carbocycles. The second kappa shape index (κ2) is 6.13. The van der Waals surface area contributed by atoms with Crippen LogP contribution < -0.4 is 5.32 Å². The van der Waals surface area contributed by atoms with E-state index in [0.717, 1.165) is 25.8 Å². The highest BCUT2D eigenvalue weighted by Crippen LogP contribution is 2.26. The number of anilines is 1. The van der Waals surface area contributed by atoms with Gasteiger partial charge in [0.25, 0.3) is 0 Å². The first kappa shape index (κ1) is 14.7. The summed E-state index contributed by atoms with van der Waals surface area (Å²) in [5.41, 5.74) is 0.427. The van der Waals surface area contributed by atoms with Gasteiger partial charge in [-0.2, -0.15) is 0 Å². The molecule has 20 heavy (non-hydrogen) atoms. The topological polar surface area (TPSA) is 69.6 Å². The number of carbonyl (C=O) groups is 2. The van der Waals surface area contributed by atoms with Crippen LogP contribution in [0.25, 0.3) is 0 Å². The maximum absolute atomic E-state index is 12.2. The van der Waals surface area contributed by atoms with Crippen molar-refractivity contribution in [3.63, 3.8) is 0 Å². The molecule has 1 atom stereocenters. The average molecular weight is 297 g/mol. The van der Waals surface area contributed by atoms with E-state index >= 15 is 0 Å². The molecule has 5 nitrogen and oxygen atoms in total. The van der Waals surface area contributed by atoms with Crippen molar-refractivity contribution in [2.24, 2.45) is 0 Å². The molecular weight excluding hydrogens is 280 g/mol. The molecule has 0 spiro atoms. The fourth-order valence-electron chi connectivity index (χ4n) is 2.47. The van der Waals surface area contributed by atoms with Gasteiger partial charge in [0.1, 0.15) is 0 Å². The Bertz CT molecular complexity index is 533. The number of carboxylic acids is 1. The Kier molecular flexibility index (Phi) is 4.49. The number of amides is 2. The predicted octanol–water partition coefficient (Wildman–Crippen LogP) is 3.44. The number of hydrogen-bond acceptors (Lipinski definition) is 2. The van der Waals surface area contributed by atoms with E-state index < -0.39 is 5.97 Å². The Labute approximate surface area is 122 Å². The van der Waals surface area contributed by atoms with Crippen LogP contribution in [0.15, 0.2) is 18.2 Å². The number of benzene rings is 1. The molecule has 2 N–H and O–H groups in total. The van der Waals surface area contributed by atoms with Crippen LogP contribution >= 0.6 is 11.6 Å². The Morgan fingerprint density at radius 1 is 1.50 bits per heavy atom. The summed E-state index contributed by atoms with van der Waals surface area (Å²) < 4.78 is 0. The van der Waals surface area contributed by atoms with Gasteiger partial charge in [-0.3, -0.25) is 0 Å². The number of aromatic carboxylic acids is 1. The third-order valence-corrected chi connectivity index (χ3v) is 3.89. The summed E-state index contributed by atoms with van der Waals surface area (Å²) in [6, 6.07) is 4.28. The summed E-state index contributed by atoms with van der Waals surface area (Å²) in [5, 5.41) is 12.0. The molecule has 2 amide bonds. The van der Waals surface area contributed by atoms with E-state index in [0.29, 0.717) is 10.7 Å². The number of nitrogens with one attached hydrogen (secondary N) is 1. The number of urea groups is 1. The van der Waals surface area contributed by atoms with E-state index in [1.807, 2.05) is 6.92 Å². The third kappa shape index (κ3) is 3.04. The average Bonchev–Trinajstić information content (AvgIpc) is 2.89. The first-order valence-corrected chi connectivity index (χ1v) is 7.01. The number of carboxylic acid groups (broad SMARTS) is 1. The molecule has 1 aliphatic heterocycles. The van der Waals surface area contributed by atoms with Crippen molar-refractivity contribution < 1.29 is 14.7 Å². The molecule has 1 fully saturated rings. The Morgan fingerprint density at radius 2 is 2.25 bits per heavy atom. The Balaban J connectivity index is 2.15. The zero-order valence-corrected chi connectivity index (χ0v) is 12.0. The van der Waals surface area contributed by atoms with Gasteiger partial charge in [-0.25, -0.2) is 9.59 Å². The van der Waals surface area contributed by atoms with Crippen LogP contribution in [0, 0.1) is 0 Å². The van der Waals surface area contributed by atoms with Crippen molar-refractivity contribution in [1.29, 1.82) is 0 Å². The molecule has 0 radical (unpaired) electrons. The SMILES string of the molecule is CCC1CCCN1C(=O)Nc1cc(C(=O)O)ccc1Cl. The molecule has 1 aromatic rings. The van der Waals surface area contributed by atoms with Crippen LogP contribution in [0.1, 0.15) is 36.5 Å². The summed E-state index contributed by atoms with van der Waals surface area (Å²) in [6.07, 6.45) is 2.91. The molecule has 0 aliphatic carbocycles. The molecule has 1 saturated heterocycles. The maximum Gasteiger partial charge on any atom is 0.335 e. The molecule has 1 heterocycles. The number of nitrogens with zero attached hydrogens (tertiary/aromatic N) is 1. The lowest BCUT2D eigenvalue weighted by Crippen LogP contribution is -2.38. The molecule has 2 rings (SSSR count). The second-order valence-corrected chi connectivity index (χ2v) is 5.23. The van der Waals surface area contributed by atoms with E-state index in [1.165, 1.54) is 18.2 Å². The van der Waals surface area contributed by atoms with Crippen LogP contribution in [0.2, 0.25) is 5.02 Å². The van der Waals surface area contributed by atoms with E-state index in [9.17, 15) is 9.59 Å². The van der Waals surface area contributed by atoms with Crippen LogP contribution in [-0.4, -0.2) is 34.6 Å². The van der Waals surface area contributed by atoms with Crippen LogP contribution in [-0.2, 0) is 0 Å². The lowest BCUT2D eigenvalue weighted by Gasteiger charge is -2.24. The van der Waals surface area contributed by atoms with E-state index in [2.05, 4.69) is 5.32 Å². The zero-order valence-electron chi connectivity index (χ0n) is 11.2. The first-order chi connectivity index (χ1) is 9.52. The zero-order chi connectivity index (χ0) is 14.7. The van der Waals surface area contributed by atoms with Crippen molar-refractivity contribution in [2.45, 2.75) is 32.2 Å². The minimum absolute atomic E-state index is 0.0955. The van der Waals surface area contributed by atoms with Gasteiger partial charge in [0.2, 0.25) is 0 Å². The monoisotopic (exact) mass is 296 g/mol. The molecule has 1 unspecified atom stereocenters. The summed E-state index contributed by atoms with van der Waals surface area (Å²) in [5.74, 6) is -1.05. The maximum atomic E-state index is 12.2. The van der Waals surface area contributed by atoms with Gasteiger partial charge in [-0.15, -0.1) is 0 Å². The van der Waals surface area contributed by atoms with Gasteiger partial charge in [0.05, 0.1) is 16.3 Å². The number of halogens is 1. The van der Waals surface area contributed by atoms with Gasteiger partial charge in [0.15, 0.2) is 0 Å². The fraction of sp³-hybridized carbons (Fsp3) is 0.429. The smallest absolute Gasteiger partial charge is 0.335 e. The van der Waals surface area contributed by atoms with Gasteiger partial charge in [0, 0.05) is 12.6 Å². The number of hydrogen-bond donors (Lipinski definition) is 2. The molecule has 6 heteroatoms. The van der Waals surface area contributed by atoms with Crippen molar-refractivity contribution in [2.75, 3.05) is 11.9 Å². The Hall–Kier alpha value is -1.75. The second-order valence-electron chi connectivity index (χ2n) is 4.83. The summed E-state index contributed by atoms with van der Waals surface area (Å²) in [4.78, 5) is 24.9. The van der Waals surface area contributed by atoms with E-state index in [-0.39, 0.29) is 17.6 Å². The van der Waals surface area contributed by atoms with Crippen molar-refractivity contribution in [1.82, 2.24) is 4.90 Å². The predicted molar refractivity (Wildman–Crippen MR) is 77.4 cm³/mol. The Morgan fingerprint density at radius 3 is 2.90 bits per heavy atom. The molecular formula is C14H17ClN2O3. The quantitative estimate of drug-likeness (QED) is 0.897. The van der Waals surface area contributed by atoms with E-state index in [1.54, 1.807) is 4.90 Å². The number of likely N-dealkylation sites (tertiary alicyclic amines) is 1. The van der Waals surface area contributed by atoms with Gasteiger partial charge >= 0.3 is 12.0 Å². The van der Waals surface area contributed by atoms with Crippen molar-refractivity contribution in [3.8, 4) is 0 Å². The summed E-state index contributed by atoms with van der Waals surface area (Å²) in [7, 11) is 0. The van der Waals surface area contributed by atoms with Gasteiger partial charge < -0.3 is 15.3 Å².